The molecule has 1 heterocycles. The lowest BCUT2D eigenvalue weighted by Crippen LogP contribution is -2.22. The van der Waals surface area contributed by atoms with E-state index >= 15 is 0 Å². The Kier molecular flexibility index (Phi) is 7.99. The lowest BCUT2D eigenvalue weighted by Gasteiger charge is -2.22. The van der Waals surface area contributed by atoms with Gasteiger partial charge < -0.3 is 14.2 Å². The van der Waals surface area contributed by atoms with Crippen molar-refractivity contribution in [2.75, 3.05) is 13.2 Å². The quantitative estimate of drug-likeness (QED) is 0.474. The van der Waals surface area contributed by atoms with Crippen molar-refractivity contribution in [1.29, 1.82) is 0 Å². The van der Waals surface area contributed by atoms with Gasteiger partial charge in [0.2, 0.25) is 0 Å². The van der Waals surface area contributed by atoms with Crippen LogP contribution in [0, 0.1) is 0 Å². The molecule has 26 heavy (non-hydrogen) atoms. The second-order valence-corrected chi connectivity index (χ2v) is 7.61. The van der Waals surface area contributed by atoms with E-state index in [-0.39, 0.29) is 6.29 Å². The average molecular weight is 419 g/mol. The molecule has 0 spiro atoms. The van der Waals surface area contributed by atoms with E-state index in [1.807, 2.05) is 18.2 Å². The second kappa shape index (κ2) is 10.7. The highest BCUT2D eigenvalue weighted by Gasteiger charge is 2.13. The molecule has 140 valence electrons. The van der Waals surface area contributed by atoms with Crippen LogP contribution in [0.3, 0.4) is 0 Å². The summed E-state index contributed by atoms with van der Waals surface area (Å²) in [6.07, 6.45) is 6.67. The Bertz CT molecular complexity index is 668. The molecule has 0 amide bonds. The number of rotatable bonds is 9. The Labute approximate surface area is 164 Å². The van der Waals surface area contributed by atoms with Gasteiger partial charge in [0.15, 0.2) is 6.29 Å². The van der Waals surface area contributed by atoms with E-state index < -0.39 is 0 Å². The summed E-state index contributed by atoms with van der Waals surface area (Å²) in [4.78, 5) is 0. The van der Waals surface area contributed by atoms with Gasteiger partial charge in [0.1, 0.15) is 12.4 Å². The van der Waals surface area contributed by atoms with Gasteiger partial charge in [-0.05, 0) is 73.9 Å². The van der Waals surface area contributed by atoms with Crippen molar-refractivity contribution < 1.29 is 14.2 Å². The summed E-state index contributed by atoms with van der Waals surface area (Å²) in [6, 6.07) is 16.6. The predicted molar refractivity (Wildman–Crippen MR) is 107 cm³/mol. The van der Waals surface area contributed by atoms with Crippen LogP contribution in [0.5, 0.6) is 5.75 Å². The molecular weight excluding hydrogens is 392 g/mol. The monoisotopic (exact) mass is 418 g/mol. The van der Waals surface area contributed by atoms with Crippen molar-refractivity contribution in [3.05, 3.63) is 64.1 Å². The summed E-state index contributed by atoms with van der Waals surface area (Å²) in [6.45, 7) is 2.21. The largest absolute Gasteiger partial charge is 0.489 e. The van der Waals surface area contributed by atoms with Gasteiger partial charge in [0.05, 0.1) is 0 Å². The molecule has 0 saturated carbocycles. The number of aryl methyl sites for hydroxylation is 1. The highest BCUT2D eigenvalue weighted by Crippen LogP contribution is 2.19. The summed E-state index contributed by atoms with van der Waals surface area (Å²) in [5.41, 5.74) is 2.47. The first-order chi connectivity index (χ1) is 12.8. The molecule has 0 N–H and O–H groups in total. The molecule has 1 saturated heterocycles. The van der Waals surface area contributed by atoms with Crippen molar-refractivity contribution in [3.63, 3.8) is 0 Å². The van der Waals surface area contributed by atoms with E-state index in [0.717, 1.165) is 54.7 Å². The van der Waals surface area contributed by atoms with E-state index in [9.17, 15) is 0 Å². The maximum atomic E-state index is 5.93. The van der Waals surface area contributed by atoms with Crippen LogP contribution in [0.15, 0.2) is 53.0 Å². The zero-order valence-electron chi connectivity index (χ0n) is 15.2. The van der Waals surface area contributed by atoms with Crippen LogP contribution in [0.4, 0.5) is 0 Å². The zero-order chi connectivity index (χ0) is 18.0. The van der Waals surface area contributed by atoms with Gasteiger partial charge >= 0.3 is 0 Å². The number of benzene rings is 2. The first-order valence-electron chi connectivity index (χ1n) is 9.49. The highest BCUT2D eigenvalue weighted by molar-refractivity contribution is 9.10. The zero-order valence-corrected chi connectivity index (χ0v) is 16.7. The Morgan fingerprint density at radius 3 is 2.73 bits per heavy atom. The number of unbranched alkanes of at least 4 members (excludes halogenated alkanes) is 1. The Hall–Kier alpha value is -1.36. The number of halogens is 1. The van der Waals surface area contributed by atoms with E-state index in [1.165, 1.54) is 18.4 Å². The molecule has 1 atom stereocenters. The van der Waals surface area contributed by atoms with E-state index in [1.54, 1.807) is 0 Å². The van der Waals surface area contributed by atoms with E-state index in [2.05, 4.69) is 46.3 Å². The van der Waals surface area contributed by atoms with Gasteiger partial charge in [-0.15, -0.1) is 0 Å². The molecule has 4 heteroatoms. The fourth-order valence-corrected chi connectivity index (χ4v) is 3.52. The Morgan fingerprint density at radius 1 is 1.00 bits per heavy atom. The third kappa shape index (κ3) is 6.75. The topological polar surface area (TPSA) is 27.7 Å². The molecule has 1 fully saturated rings. The molecule has 0 aliphatic carbocycles. The molecule has 1 aliphatic heterocycles. The molecule has 1 unspecified atom stereocenters. The van der Waals surface area contributed by atoms with Gasteiger partial charge in [0.25, 0.3) is 0 Å². The van der Waals surface area contributed by atoms with Crippen LogP contribution in [-0.2, 0) is 22.5 Å². The summed E-state index contributed by atoms with van der Waals surface area (Å²) in [7, 11) is 0. The first kappa shape index (κ1) is 19.4. The van der Waals surface area contributed by atoms with Crippen molar-refractivity contribution in [2.24, 2.45) is 0 Å². The Balaban J connectivity index is 1.36. The fraction of sp³-hybridized carbons (Fsp3) is 0.455. The molecule has 0 radical (unpaired) electrons. The minimum Gasteiger partial charge on any atom is -0.489 e. The molecule has 0 bridgehead atoms. The van der Waals surface area contributed by atoms with Crippen LogP contribution in [-0.4, -0.2) is 19.5 Å². The Morgan fingerprint density at radius 2 is 1.88 bits per heavy atom. The highest BCUT2D eigenvalue weighted by atomic mass is 79.9. The normalized spacial score (nSPS) is 17.2. The number of hydrogen-bond acceptors (Lipinski definition) is 3. The first-order valence-corrected chi connectivity index (χ1v) is 10.3. The molecule has 0 aromatic heterocycles. The smallest absolute Gasteiger partial charge is 0.157 e. The van der Waals surface area contributed by atoms with Gasteiger partial charge in [-0.3, -0.25) is 0 Å². The van der Waals surface area contributed by atoms with E-state index in [0.29, 0.717) is 6.61 Å². The lowest BCUT2D eigenvalue weighted by molar-refractivity contribution is -0.162. The minimum atomic E-state index is 0.0264. The van der Waals surface area contributed by atoms with Gasteiger partial charge in [0, 0.05) is 17.7 Å². The van der Waals surface area contributed by atoms with E-state index in [4.69, 9.17) is 14.2 Å². The van der Waals surface area contributed by atoms with Crippen LogP contribution in [0.1, 0.15) is 43.2 Å². The van der Waals surface area contributed by atoms with Gasteiger partial charge in [-0.2, -0.15) is 0 Å². The van der Waals surface area contributed by atoms with Crippen molar-refractivity contribution in [1.82, 2.24) is 0 Å². The molecule has 2 aromatic carbocycles. The molecule has 3 rings (SSSR count). The summed E-state index contributed by atoms with van der Waals surface area (Å²) < 4.78 is 18.4. The lowest BCUT2D eigenvalue weighted by atomic mass is 10.1. The van der Waals surface area contributed by atoms with Crippen LogP contribution >= 0.6 is 15.9 Å². The molecular formula is C22H27BrO3. The minimum absolute atomic E-state index is 0.0264. The molecule has 1 aliphatic rings. The van der Waals surface area contributed by atoms with Crippen LogP contribution < -0.4 is 4.74 Å². The summed E-state index contributed by atoms with van der Waals surface area (Å²) in [5.74, 6) is 0.925. The standard InChI is InChI=1S/C22H27BrO3/c23-20-10-5-9-19(15-20)17-26-21-11-6-8-18(16-21)7-1-3-13-24-22-12-2-4-14-25-22/h5-6,8-11,15-16,22H,1-4,7,12-14,17H2. The average Bonchev–Trinajstić information content (AvgIpc) is 2.67. The van der Waals surface area contributed by atoms with Crippen LogP contribution in [0.25, 0.3) is 0 Å². The summed E-state index contributed by atoms with van der Waals surface area (Å²) in [5, 5.41) is 0. The maximum Gasteiger partial charge on any atom is 0.157 e. The third-order valence-corrected chi connectivity index (χ3v) is 4.99. The van der Waals surface area contributed by atoms with Crippen molar-refractivity contribution in [3.8, 4) is 5.75 Å². The second-order valence-electron chi connectivity index (χ2n) is 6.69. The van der Waals surface area contributed by atoms with Gasteiger partial charge in [-0.1, -0.05) is 40.2 Å². The fourth-order valence-electron chi connectivity index (χ4n) is 3.07. The maximum absolute atomic E-state index is 5.93. The van der Waals surface area contributed by atoms with Crippen molar-refractivity contribution in [2.45, 2.75) is 51.4 Å². The van der Waals surface area contributed by atoms with Crippen LogP contribution in [0.2, 0.25) is 0 Å². The summed E-state index contributed by atoms with van der Waals surface area (Å²) >= 11 is 3.49. The molecule has 3 nitrogen and oxygen atoms in total. The SMILES string of the molecule is Brc1cccc(COc2cccc(CCCCOC3CCCCO3)c2)c1. The van der Waals surface area contributed by atoms with Gasteiger partial charge in [-0.25, -0.2) is 0 Å². The predicted octanol–water partition coefficient (Wildman–Crippen LogP) is 5.89. The number of hydrogen-bond donors (Lipinski definition) is 0. The van der Waals surface area contributed by atoms with Crippen molar-refractivity contribution >= 4 is 15.9 Å². The third-order valence-electron chi connectivity index (χ3n) is 4.49. The number of ether oxygens (including phenoxy) is 3. The molecule has 2 aromatic rings.